The van der Waals surface area contributed by atoms with Gasteiger partial charge < -0.3 is 19.6 Å². The molecule has 0 radical (unpaired) electrons. The van der Waals surface area contributed by atoms with Crippen LogP contribution in [0.4, 0.5) is 4.39 Å². The highest BCUT2D eigenvalue weighted by atomic mass is 32.1. The zero-order valence-corrected chi connectivity index (χ0v) is 17.1. The summed E-state index contributed by atoms with van der Waals surface area (Å²) in [5, 5.41) is 20.2. The number of esters is 1. The first-order chi connectivity index (χ1) is 15.0. The molecule has 2 aromatic heterocycles. The van der Waals surface area contributed by atoms with E-state index in [-0.39, 0.29) is 22.9 Å². The number of nitrogens with zero attached hydrogens (tertiary/aromatic N) is 2. The van der Waals surface area contributed by atoms with Crippen LogP contribution in [0.2, 0.25) is 0 Å². The zero-order chi connectivity index (χ0) is 22.0. The lowest BCUT2D eigenvalue weighted by Crippen LogP contribution is -2.10. The molecular weight excluding hydrogens is 421 g/mol. The van der Waals surface area contributed by atoms with Crippen molar-refractivity contribution in [2.24, 2.45) is 0 Å². The number of H-pyrrole nitrogens is 1. The molecule has 7 nitrogen and oxygen atoms in total. The number of hydrogen-bond acceptors (Lipinski definition) is 7. The molecule has 0 saturated heterocycles. The van der Waals surface area contributed by atoms with Gasteiger partial charge in [-0.3, -0.25) is 0 Å². The van der Waals surface area contributed by atoms with E-state index in [1.165, 1.54) is 13.2 Å². The third-order valence-corrected chi connectivity index (χ3v) is 5.78. The van der Waals surface area contributed by atoms with Crippen LogP contribution in [0.15, 0.2) is 48.2 Å². The van der Waals surface area contributed by atoms with E-state index in [1.807, 2.05) is 12.1 Å². The number of nitriles is 1. The van der Waals surface area contributed by atoms with Crippen molar-refractivity contribution < 1.29 is 23.8 Å². The minimum atomic E-state index is -0.749. The number of aliphatic hydroxyl groups is 1. The summed E-state index contributed by atoms with van der Waals surface area (Å²) in [6.45, 7) is -0.516. The Bertz CT molecular complexity index is 1330. The largest absolute Gasteiger partial charge is 0.507 e. The van der Waals surface area contributed by atoms with Gasteiger partial charge in [0.1, 0.15) is 28.9 Å². The maximum Gasteiger partial charge on any atom is 0.349 e. The number of aromatic nitrogens is 2. The normalized spacial score (nSPS) is 12.0. The molecule has 0 aliphatic rings. The number of imidazole rings is 1. The molecular formula is C22H16FN3O4S. The molecule has 0 aliphatic carbocycles. The molecule has 0 spiro atoms. The topological polar surface area (TPSA) is 108 Å². The predicted molar refractivity (Wildman–Crippen MR) is 114 cm³/mol. The van der Waals surface area contributed by atoms with Crippen molar-refractivity contribution in [2.75, 3.05) is 13.7 Å². The first-order valence-electron chi connectivity index (χ1n) is 9.16. The van der Waals surface area contributed by atoms with Crippen molar-refractivity contribution in [2.45, 2.75) is 6.61 Å². The maximum atomic E-state index is 14.3. The number of fused-ring (bicyclic) bond motifs is 2. The Labute approximate surface area is 180 Å². The SMILES string of the molecule is COCc1c(C(=O)OC/C(O)=C(\C#N)c2nc3ccccc3[nH]2)sc2cccc(F)c12. The van der Waals surface area contributed by atoms with Gasteiger partial charge in [-0.1, -0.05) is 18.2 Å². The Morgan fingerprint density at radius 2 is 2.10 bits per heavy atom. The van der Waals surface area contributed by atoms with E-state index in [9.17, 15) is 19.6 Å². The van der Waals surface area contributed by atoms with Gasteiger partial charge in [0.25, 0.3) is 0 Å². The van der Waals surface area contributed by atoms with E-state index in [1.54, 1.807) is 30.3 Å². The average molecular weight is 437 g/mol. The van der Waals surface area contributed by atoms with Crippen molar-refractivity contribution in [1.82, 2.24) is 9.97 Å². The van der Waals surface area contributed by atoms with Crippen LogP contribution in [-0.2, 0) is 16.1 Å². The summed E-state index contributed by atoms with van der Waals surface area (Å²) in [7, 11) is 1.44. The van der Waals surface area contributed by atoms with Crippen LogP contribution in [0.5, 0.6) is 0 Å². The Balaban J connectivity index is 1.61. The van der Waals surface area contributed by atoms with Gasteiger partial charge in [0.15, 0.2) is 11.6 Å². The number of halogens is 1. The number of hydrogen-bond donors (Lipinski definition) is 2. The highest BCUT2D eigenvalue weighted by Crippen LogP contribution is 2.34. The van der Waals surface area contributed by atoms with Crippen molar-refractivity contribution >= 4 is 44.0 Å². The lowest BCUT2D eigenvalue weighted by atomic mass is 10.1. The Kier molecular flexibility index (Phi) is 5.66. The number of methoxy groups -OCH3 is 1. The Morgan fingerprint density at radius 3 is 2.84 bits per heavy atom. The molecule has 0 aliphatic heterocycles. The first-order valence-corrected chi connectivity index (χ1v) is 9.98. The molecule has 4 rings (SSSR count). The molecule has 0 amide bonds. The van der Waals surface area contributed by atoms with Crippen LogP contribution in [-0.4, -0.2) is 34.8 Å². The fourth-order valence-corrected chi connectivity index (χ4v) is 4.33. The Hall–Kier alpha value is -3.74. The third kappa shape index (κ3) is 3.86. The smallest absolute Gasteiger partial charge is 0.349 e. The fourth-order valence-electron chi connectivity index (χ4n) is 3.21. The summed E-state index contributed by atoms with van der Waals surface area (Å²) < 4.78 is 25.2. The van der Waals surface area contributed by atoms with E-state index in [2.05, 4.69) is 9.97 Å². The van der Waals surface area contributed by atoms with Gasteiger partial charge >= 0.3 is 5.97 Å². The van der Waals surface area contributed by atoms with Crippen LogP contribution in [0.3, 0.4) is 0 Å². The van der Waals surface area contributed by atoms with E-state index in [0.29, 0.717) is 26.7 Å². The number of aliphatic hydroxyl groups excluding tert-OH is 1. The molecule has 4 aromatic rings. The quantitative estimate of drug-likeness (QED) is 0.257. The predicted octanol–water partition coefficient (Wildman–Crippen LogP) is 4.71. The molecule has 2 aromatic carbocycles. The molecule has 156 valence electrons. The lowest BCUT2D eigenvalue weighted by molar-refractivity contribution is 0.0504. The highest BCUT2D eigenvalue weighted by Gasteiger charge is 2.23. The molecule has 0 unspecified atom stereocenters. The summed E-state index contributed by atoms with van der Waals surface area (Å²) in [5.41, 5.74) is 1.58. The standard InChI is InChI=1S/C22H16FN3O4S/c1-29-10-13-19-14(23)5-4-8-18(19)31-20(13)22(28)30-11-17(27)12(9-24)21-25-15-6-2-3-7-16(15)26-21/h2-8,27H,10-11H2,1H3,(H,25,26)/b17-12-. The van der Waals surface area contributed by atoms with Crippen molar-refractivity contribution in [3.8, 4) is 6.07 Å². The summed E-state index contributed by atoms with van der Waals surface area (Å²) in [4.78, 5) is 20.1. The van der Waals surface area contributed by atoms with Crippen molar-refractivity contribution in [1.29, 1.82) is 5.26 Å². The van der Waals surface area contributed by atoms with Gasteiger partial charge in [-0.25, -0.2) is 14.2 Å². The molecule has 31 heavy (non-hydrogen) atoms. The number of ether oxygens (including phenoxy) is 2. The van der Waals surface area contributed by atoms with Crippen molar-refractivity contribution in [3.05, 3.63) is 70.3 Å². The highest BCUT2D eigenvalue weighted by molar-refractivity contribution is 7.21. The number of benzene rings is 2. The van der Waals surface area contributed by atoms with Crippen LogP contribution < -0.4 is 0 Å². The number of carbonyl (C=O) groups is 1. The second kappa shape index (κ2) is 8.55. The van der Waals surface area contributed by atoms with Gasteiger partial charge in [-0.05, 0) is 24.3 Å². The van der Waals surface area contributed by atoms with Gasteiger partial charge in [-0.2, -0.15) is 5.26 Å². The maximum absolute atomic E-state index is 14.3. The number of para-hydroxylation sites is 2. The van der Waals surface area contributed by atoms with E-state index >= 15 is 0 Å². The fraction of sp³-hybridized carbons (Fsp3) is 0.136. The van der Waals surface area contributed by atoms with Gasteiger partial charge in [-0.15, -0.1) is 11.3 Å². The van der Waals surface area contributed by atoms with E-state index in [0.717, 1.165) is 11.3 Å². The number of thiophene rings is 1. The summed E-state index contributed by atoms with van der Waals surface area (Å²) >= 11 is 1.08. The lowest BCUT2D eigenvalue weighted by Gasteiger charge is -2.06. The molecule has 2 heterocycles. The summed E-state index contributed by atoms with van der Waals surface area (Å²) in [6, 6.07) is 13.6. The number of allylic oxidation sites excluding steroid dienone is 1. The molecule has 0 fully saturated rings. The van der Waals surface area contributed by atoms with E-state index in [4.69, 9.17) is 9.47 Å². The van der Waals surface area contributed by atoms with Crippen LogP contribution in [0.1, 0.15) is 21.1 Å². The molecule has 9 heteroatoms. The average Bonchev–Trinajstić information content (AvgIpc) is 3.35. The molecule has 0 bridgehead atoms. The van der Waals surface area contributed by atoms with Gasteiger partial charge in [0.05, 0.1) is 17.6 Å². The van der Waals surface area contributed by atoms with Gasteiger partial charge in [0.2, 0.25) is 0 Å². The molecule has 2 N–H and O–H groups in total. The number of nitrogens with one attached hydrogen (secondary N) is 1. The number of carbonyl (C=O) groups excluding carboxylic acids is 1. The van der Waals surface area contributed by atoms with Crippen LogP contribution in [0, 0.1) is 17.1 Å². The third-order valence-electron chi connectivity index (χ3n) is 4.60. The van der Waals surface area contributed by atoms with Crippen LogP contribution >= 0.6 is 11.3 Å². The van der Waals surface area contributed by atoms with Gasteiger partial charge in [0, 0.05) is 22.8 Å². The summed E-state index contributed by atoms with van der Waals surface area (Å²) in [5.74, 6) is -1.49. The van der Waals surface area contributed by atoms with Crippen LogP contribution in [0.25, 0.3) is 26.7 Å². The second-order valence-corrected chi connectivity index (χ2v) is 7.62. The molecule has 0 atom stereocenters. The molecule has 0 saturated carbocycles. The zero-order valence-electron chi connectivity index (χ0n) is 16.3. The first kappa shape index (κ1) is 20.5. The Morgan fingerprint density at radius 1 is 1.29 bits per heavy atom. The number of aromatic amines is 1. The van der Waals surface area contributed by atoms with Crippen molar-refractivity contribution in [3.63, 3.8) is 0 Å². The van der Waals surface area contributed by atoms with E-state index < -0.39 is 24.2 Å². The minimum Gasteiger partial charge on any atom is -0.507 e. The number of rotatable bonds is 6. The monoisotopic (exact) mass is 437 g/mol. The minimum absolute atomic E-state index is 0.0234. The summed E-state index contributed by atoms with van der Waals surface area (Å²) in [6.07, 6.45) is 0. The second-order valence-electron chi connectivity index (χ2n) is 6.57.